The minimum absolute atomic E-state index is 0.296. The number of hydrazone groups is 1. The SMILES string of the molecule is CCOc1ccc(C(=O)N/N=C/c2ccc(OCc3ccc(Cl)cc3Cl)c(Br)c2)cc1OCC. The number of ether oxygens (including phenoxy) is 3. The van der Waals surface area contributed by atoms with Gasteiger partial charge in [-0.3, -0.25) is 4.79 Å². The summed E-state index contributed by atoms with van der Waals surface area (Å²) in [7, 11) is 0. The van der Waals surface area contributed by atoms with Crippen molar-refractivity contribution in [1.29, 1.82) is 0 Å². The van der Waals surface area contributed by atoms with Crippen LogP contribution in [-0.4, -0.2) is 25.3 Å². The first-order valence-corrected chi connectivity index (χ1v) is 12.1. The number of hydrogen-bond acceptors (Lipinski definition) is 5. The highest BCUT2D eigenvalue weighted by molar-refractivity contribution is 9.10. The maximum Gasteiger partial charge on any atom is 0.271 e. The van der Waals surface area contributed by atoms with Gasteiger partial charge in [-0.25, -0.2) is 5.43 Å². The van der Waals surface area contributed by atoms with Crippen molar-refractivity contribution in [2.45, 2.75) is 20.5 Å². The molecule has 0 unspecified atom stereocenters. The molecule has 178 valence electrons. The predicted molar refractivity (Wildman–Crippen MR) is 139 cm³/mol. The Bertz CT molecular complexity index is 1190. The van der Waals surface area contributed by atoms with Crippen LogP contribution in [0.5, 0.6) is 17.2 Å². The van der Waals surface area contributed by atoms with E-state index in [9.17, 15) is 4.79 Å². The van der Waals surface area contributed by atoms with E-state index in [0.717, 1.165) is 15.6 Å². The van der Waals surface area contributed by atoms with Crippen molar-refractivity contribution in [3.63, 3.8) is 0 Å². The fraction of sp³-hybridized carbons (Fsp3) is 0.200. The molecule has 0 aliphatic heterocycles. The van der Waals surface area contributed by atoms with Gasteiger partial charge in [0.1, 0.15) is 12.4 Å². The Morgan fingerprint density at radius 1 is 0.941 bits per heavy atom. The van der Waals surface area contributed by atoms with Gasteiger partial charge >= 0.3 is 0 Å². The van der Waals surface area contributed by atoms with E-state index in [1.54, 1.807) is 42.6 Å². The smallest absolute Gasteiger partial charge is 0.271 e. The lowest BCUT2D eigenvalue weighted by molar-refractivity contribution is 0.0954. The number of carbonyl (C=O) groups excluding carboxylic acids is 1. The molecule has 0 radical (unpaired) electrons. The fourth-order valence-electron chi connectivity index (χ4n) is 2.93. The fourth-order valence-corrected chi connectivity index (χ4v) is 3.91. The second kappa shape index (κ2) is 12.6. The molecule has 0 bridgehead atoms. The number of nitrogens with zero attached hydrogens (tertiary/aromatic N) is 1. The molecule has 9 heteroatoms. The molecule has 0 aliphatic carbocycles. The number of hydrogen-bond donors (Lipinski definition) is 1. The number of rotatable bonds is 10. The van der Waals surface area contributed by atoms with Gasteiger partial charge in [-0.15, -0.1) is 0 Å². The number of benzene rings is 3. The van der Waals surface area contributed by atoms with Crippen molar-refractivity contribution >= 4 is 51.3 Å². The highest BCUT2D eigenvalue weighted by Crippen LogP contribution is 2.29. The highest BCUT2D eigenvalue weighted by atomic mass is 79.9. The monoisotopic (exact) mass is 564 g/mol. The van der Waals surface area contributed by atoms with Crippen molar-refractivity contribution in [2.24, 2.45) is 5.10 Å². The Labute approximate surface area is 216 Å². The van der Waals surface area contributed by atoms with E-state index in [1.165, 1.54) is 0 Å². The number of halogens is 3. The van der Waals surface area contributed by atoms with E-state index in [2.05, 4.69) is 26.5 Å². The Morgan fingerprint density at radius 3 is 2.38 bits per heavy atom. The molecule has 0 aromatic heterocycles. The van der Waals surface area contributed by atoms with E-state index in [-0.39, 0.29) is 5.91 Å². The zero-order valence-corrected chi connectivity index (χ0v) is 21.7. The van der Waals surface area contributed by atoms with Gasteiger partial charge in [-0.1, -0.05) is 29.3 Å². The Balaban J connectivity index is 1.60. The quantitative estimate of drug-likeness (QED) is 0.214. The molecule has 0 saturated heterocycles. The van der Waals surface area contributed by atoms with Gasteiger partial charge in [-0.05, 0) is 83.9 Å². The van der Waals surface area contributed by atoms with Crippen molar-refractivity contribution < 1.29 is 19.0 Å². The van der Waals surface area contributed by atoms with Crippen LogP contribution in [0.1, 0.15) is 35.3 Å². The van der Waals surface area contributed by atoms with Crippen molar-refractivity contribution in [1.82, 2.24) is 5.43 Å². The van der Waals surface area contributed by atoms with Gasteiger partial charge in [0.2, 0.25) is 0 Å². The van der Waals surface area contributed by atoms with Gasteiger partial charge < -0.3 is 14.2 Å². The molecule has 0 atom stereocenters. The molecule has 34 heavy (non-hydrogen) atoms. The number of nitrogens with one attached hydrogen (secondary N) is 1. The van der Waals surface area contributed by atoms with Gasteiger partial charge in [0.15, 0.2) is 11.5 Å². The molecule has 3 aromatic rings. The van der Waals surface area contributed by atoms with Gasteiger partial charge in [-0.2, -0.15) is 5.10 Å². The van der Waals surface area contributed by atoms with Crippen molar-refractivity contribution in [3.05, 3.63) is 85.8 Å². The number of carbonyl (C=O) groups is 1. The van der Waals surface area contributed by atoms with Crippen LogP contribution in [0, 0.1) is 0 Å². The van der Waals surface area contributed by atoms with E-state index in [1.807, 2.05) is 32.0 Å². The van der Waals surface area contributed by atoms with E-state index in [0.29, 0.717) is 52.7 Å². The molecule has 0 heterocycles. The minimum Gasteiger partial charge on any atom is -0.490 e. The van der Waals surface area contributed by atoms with Crippen LogP contribution in [0.2, 0.25) is 10.0 Å². The van der Waals surface area contributed by atoms with Crippen molar-refractivity contribution in [3.8, 4) is 17.2 Å². The van der Waals surface area contributed by atoms with Gasteiger partial charge in [0.25, 0.3) is 5.91 Å². The standard InChI is InChI=1S/C25H23BrCl2N2O4/c1-3-32-23-10-7-17(12-24(23)33-4-2)25(31)30-29-14-16-5-9-22(20(26)11-16)34-15-18-6-8-19(27)13-21(18)28/h5-14H,3-4,15H2,1-2H3,(H,30,31)/b29-14+. The van der Waals surface area contributed by atoms with Crippen LogP contribution in [-0.2, 0) is 6.61 Å². The van der Waals surface area contributed by atoms with Crippen LogP contribution in [0.3, 0.4) is 0 Å². The molecule has 1 N–H and O–H groups in total. The molecule has 0 spiro atoms. The lowest BCUT2D eigenvalue weighted by atomic mass is 10.2. The molecular formula is C25H23BrCl2N2O4. The molecule has 3 rings (SSSR count). The van der Waals surface area contributed by atoms with Crippen LogP contribution < -0.4 is 19.6 Å². The Kier molecular flexibility index (Phi) is 9.62. The average molecular weight is 566 g/mol. The third-order valence-electron chi connectivity index (χ3n) is 4.54. The maximum absolute atomic E-state index is 12.5. The molecule has 3 aromatic carbocycles. The molecular weight excluding hydrogens is 543 g/mol. The summed E-state index contributed by atoms with van der Waals surface area (Å²) in [5, 5.41) is 5.17. The summed E-state index contributed by atoms with van der Waals surface area (Å²) in [6.07, 6.45) is 1.54. The molecule has 0 aliphatic rings. The topological polar surface area (TPSA) is 69.2 Å². The molecule has 1 amide bonds. The summed E-state index contributed by atoms with van der Waals surface area (Å²) in [4.78, 5) is 12.5. The van der Waals surface area contributed by atoms with Crippen LogP contribution in [0.15, 0.2) is 64.2 Å². The van der Waals surface area contributed by atoms with Crippen LogP contribution in [0.4, 0.5) is 0 Å². The second-order valence-electron chi connectivity index (χ2n) is 6.94. The summed E-state index contributed by atoms with van der Waals surface area (Å²) in [5.41, 5.74) is 4.53. The molecule has 0 saturated carbocycles. The van der Waals surface area contributed by atoms with E-state index >= 15 is 0 Å². The average Bonchev–Trinajstić information content (AvgIpc) is 2.81. The zero-order chi connectivity index (χ0) is 24.5. The van der Waals surface area contributed by atoms with Crippen LogP contribution in [0.25, 0.3) is 0 Å². The largest absolute Gasteiger partial charge is 0.490 e. The normalized spacial score (nSPS) is 10.9. The first-order chi connectivity index (χ1) is 16.4. The summed E-state index contributed by atoms with van der Waals surface area (Å²) >= 11 is 15.6. The second-order valence-corrected chi connectivity index (χ2v) is 8.64. The zero-order valence-electron chi connectivity index (χ0n) is 18.6. The lowest BCUT2D eigenvalue weighted by Crippen LogP contribution is -2.17. The van der Waals surface area contributed by atoms with E-state index < -0.39 is 0 Å². The van der Waals surface area contributed by atoms with Gasteiger partial charge in [0.05, 0.1) is 23.9 Å². The van der Waals surface area contributed by atoms with Gasteiger partial charge in [0, 0.05) is 21.2 Å². The van der Waals surface area contributed by atoms with E-state index in [4.69, 9.17) is 37.4 Å². The first kappa shape index (κ1) is 25.9. The van der Waals surface area contributed by atoms with Crippen molar-refractivity contribution in [2.75, 3.05) is 13.2 Å². The Morgan fingerprint density at radius 2 is 1.68 bits per heavy atom. The Hall–Kier alpha value is -2.74. The molecule has 0 fully saturated rings. The summed E-state index contributed by atoms with van der Waals surface area (Å²) in [6, 6.07) is 15.7. The molecule has 6 nitrogen and oxygen atoms in total. The summed E-state index contributed by atoms with van der Waals surface area (Å²) < 4.78 is 17.7. The van der Waals surface area contributed by atoms with Crippen LogP contribution >= 0.6 is 39.1 Å². The highest BCUT2D eigenvalue weighted by Gasteiger charge is 2.11. The maximum atomic E-state index is 12.5. The third kappa shape index (κ3) is 7.13. The first-order valence-electron chi connectivity index (χ1n) is 10.5. The third-order valence-corrected chi connectivity index (χ3v) is 5.75. The summed E-state index contributed by atoms with van der Waals surface area (Å²) in [5.74, 6) is 1.39. The lowest BCUT2D eigenvalue weighted by Gasteiger charge is -2.11. The minimum atomic E-state index is -0.362. The predicted octanol–water partition coefficient (Wildman–Crippen LogP) is 6.90. The number of amides is 1. The summed E-state index contributed by atoms with van der Waals surface area (Å²) in [6.45, 7) is 5.02.